The molecule has 0 aliphatic heterocycles. The number of benzene rings is 2. The predicted molar refractivity (Wildman–Crippen MR) is 79.7 cm³/mol. The lowest BCUT2D eigenvalue weighted by Gasteiger charge is -2.08. The molecule has 0 atom stereocenters. The molecule has 0 amide bonds. The number of aromatic nitrogens is 1. The lowest BCUT2D eigenvalue weighted by molar-refractivity contribution is 0.621. The molecule has 0 saturated heterocycles. The molecule has 100 valence electrons. The van der Waals surface area contributed by atoms with Gasteiger partial charge >= 0.3 is 0 Å². The molecule has 0 bridgehead atoms. The van der Waals surface area contributed by atoms with Crippen LogP contribution in [-0.2, 0) is 0 Å². The molecule has 0 saturated carbocycles. The van der Waals surface area contributed by atoms with Gasteiger partial charge in [-0.15, -0.1) is 0 Å². The SMILES string of the molecule is Cc1c(Cl)ccc(-c2cc(=O)c3ccccc3[nH]2)c1F. The van der Waals surface area contributed by atoms with Crippen LogP contribution in [0.3, 0.4) is 0 Å². The van der Waals surface area contributed by atoms with E-state index < -0.39 is 5.82 Å². The number of hydrogen-bond donors (Lipinski definition) is 1. The molecular formula is C16H11ClFNO. The van der Waals surface area contributed by atoms with Crippen molar-refractivity contribution in [1.82, 2.24) is 4.98 Å². The highest BCUT2D eigenvalue weighted by atomic mass is 35.5. The number of rotatable bonds is 1. The average Bonchev–Trinajstić information content (AvgIpc) is 2.45. The van der Waals surface area contributed by atoms with Crippen LogP contribution in [-0.4, -0.2) is 4.98 Å². The van der Waals surface area contributed by atoms with Gasteiger partial charge in [-0.05, 0) is 31.2 Å². The molecule has 1 aromatic heterocycles. The zero-order valence-corrected chi connectivity index (χ0v) is 11.5. The van der Waals surface area contributed by atoms with Gasteiger partial charge in [0.2, 0.25) is 0 Å². The number of pyridine rings is 1. The summed E-state index contributed by atoms with van der Waals surface area (Å²) in [6.07, 6.45) is 0. The first-order chi connectivity index (χ1) is 9.58. The van der Waals surface area contributed by atoms with Crippen molar-refractivity contribution >= 4 is 22.5 Å². The Morgan fingerprint density at radius 2 is 1.90 bits per heavy atom. The van der Waals surface area contributed by atoms with Gasteiger partial charge in [-0.2, -0.15) is 0 Å². The van der Waals surface area contributed by atoms with Crippen molar-refractivity contribution < 1.29 is 4.39 Å². The first-order valence-corrected chi connectivity index (χ1v) is 6.53. The Labute approximate surface area is 119 Å². The molecular weight excluding hydrogens is 277 g/mol. The molecule has 4 heteroatoms. The summed E-state index contributed by atoms with van der Waals surface area (Å²) in [6, 6.07) is 11.8. The predicted octanol–water partition coefficient (Wildman–Crippen LogP) is 4.30. The van der Waals surface area contributed by atoms with Crippen LogP contribution in [0.15, 0.2) is 47.3 Å². The van der Waals surface area contributed by atoms with E-state index in [9.17, 15) is 9.18 Å². The third-order valence-electron chi connectivity index (χ3n) is 3.35. The van der Waals surface area contributed by atoms with Gasteiger partial charge in [0.15, 0.2) is 5.43 Å². The Morgan fingerprint density at radius 3 is 2.70 bits per heavy atom. The van der Waals surface area contributed by atoms with E-state index in [1.54, 1.807) is 37.3 Å². The van der Waals surface area contributed by atoms with Crippen molar-refractivity contribution in [2.24, 2.45) is 0 Å². The van der Waals surface area contributed by atoms with E-state index in [1.165, 1.54) is 6.07 Å². The average molecular weight is 288 g/mol. The quantitative estimate of drug-likeness (QED) is 0.711. The van der Waals surface area contributed by atoms with Gasteiger partial charge in [-0.25, -0.2) is 4.39 Å². The fraction of sp³-hybridized carbons (Fsp3) is 0.0625. The molecule has 0 unspecified atom stereocenters. The molecule has 3 rings (SSSR count). The van der Waals surface area contributed by atoms with Gasteiger partial charge in [0.25, 0.3) is 0 Å². The highest BCUT2D eigenvalue weighted by molar-refractivity contribution is 6.31. The van der Waals surface area contributed by atoms with E-state index in [1.807, 2.05) is 6.07 Å². The zero-order valence-electron chi connectivity index (χ0n) is 10.7. The minimum absolute atomic E-state index is 0.138. The summed E-state index contributed by atoms with van der Waals surface area (Å²) < 4.78 is 14.3. The first-order valence-electron chi connectivity index (χ1n) is 6.15. The Kier molecular flexibility index (Phi) is 3.07. The standard InChI is InChI=1S/C16H11ClFNO/c1-9-12(17)7-6-11(16(9)18)14-8-15(20)10-4-2-3-5-13(10)19-14/h2-8H,1H3,(H,19,20). The number of H-pyrrole nitrogens is 1. The van der Waals surface area contributed by atoms with Gasteiger partial charge < -0.3 is 4.98 Å². The number of aromatic amines is 1. The van der Waals surface area contributed by atoms with Gasteiger partial charge in [0, 0.05) is 33.1 Å². The van der Waals surface area contributed by atoms with Gasteiger partial charge in [0.05, 0.1) is 5.69 Å². The van der Waals surface area contributed by atoms with Crippen molar-refractivity contribution in [3.8, 4) is 11.3 Å². The second-order valence-electron chi connectivity index (χ2n) is 4.63. The summed E-state index contributed by atoms with van der Waals surface area (Å²) in [5.41, 5.74) is 1.71. The molecule has 3 aromatic rings. The maximum absolute atomic E-state index is 14.3. The molecule has 0 fully saturated rings. The van der Waals surface area contributed by atoms with Crippen molar-refractivity contribution in [2.45, 2.75) is 6.92 Å². The highest BCUT2D eigenvalue weighted by Crippen LogP contribution is 2.28. The Balaban J connectivity index is 2.31. The van der Waals surface area contributed by atoms with Crippen LogP contribution in [0.2, 0.25) is 5.02 Å². The number of hydrogen-bond acceptors (Lipinski definition) is 1. The molecule has 0 radical (unpaired) electrons. The monoisotopic (exact) mass is 287 g/mol. The Bertz CT molecular complexity index is 870. The van der Waals surface area contributed by atoms with E-state index in [0.29, 0.717) is 32.7 Å². The van der Waals surface area contributed by atoms with E-state index in [-0.39, 0.29) is 5.43 Å². The number of para-hydroxylation sites is 1. The van der Waals surface area contributed by atoms with Gasteiger partial charge in [-0.1, -0.05) is 23.7 Å². The number of fused-ring (bicyclic) bond motifs is 1. The summed E-state index contributed by atoms with van der Waals surface area (Å²) in [4.78, 5) is 15.2. The van der Waals surface area contributed by atoms with Crippen LogP contribution < -0.4 is 5.43 Å². The fourth-order valence-electron chi connectivity index (χ4n) is 2.21. The molecule has 0 aliphatic carbocycles. The summed E-state index contributed by atoms with van der Waals surface area (Å²) in [5, 5.41) is 0.955. The van der Waals surface area contributed by atoms with Crippen LogP contribution in [0.25, 0.3) is 22.2 Å². The van der Waals surface area contributed by atoms with Crippen molar-refractivity contribution in [1.29, 1.82) is 0 Å². The summed E-state index contributed by atoms with van der Waals surface area (Å²) in [6.45, 7) is 1.61. The van der Waals surface area contributed by atoms with Crippen LogP contribution in [0.1, 0.15) is 5.56 Å². The Morgan fingerprint density at radius 1 is 1.15 bits per heavy atom. The lowest BCUT2D eigenvalue weighted by Crippen LogP contribution is -2.03. The molecule has 0 aliphatic rings. The molecule has 20 heavy (non-hydrogen) atoms. The van der Waals surface area contributed by atoms with Crippen molar-refractivity contribution in [3.05, 3.63) is 69.1 Å². The summed E-state index contributed by atoms with van der Waals surface area (Å²) in [5.74, 6) is -0.413. The topological polar surface area (TPSA) is 32.9 Å². The van der Waals surface area contributed by atoms with Gasteiger partial charge in [0.1, 0.15) is 5.82 Å². The number of halogens is 2. The molecule has 1 heterocycles. The largest absolute Gasteiger partial charge is 0.354 e. The molecule has 0 spiro atoms. The van der Waals surface area contributed by atoms with Gasteiger partial charge in [-0.3, -0.25) is 4.79 Å². The third kappa shape index (κ3) is 2.00. The normalized spacial score (nSPS) is 10.9. The maximum atomic E-state index is 14.3. The fourth-order valence-corrected chi connectivity index (χ4v) is 2.36. The van der Waals surface area contributed by atoms with E-state index >= 15 is 0 Å². The number of nitrogens with one attached hydrogen (secondary N) is 1. The second-order valence-corrected chi connectivity index (χ2v) is 5.03. The highest BCUT2D eigenvalue weighted by Gasteiger charge is 2.12. The van der Waals surface area contributed by atoms with Crippen LogP contribution in [0.5, 0.6) is 0 Å². The zero-order chi connectivity index (χ0) is 14.3. The first kappa shape index (κ1) is 12.9. The molecule has 2 nitrogen and oxygen atoms in total. The van der Waals surface area contributed by atoms with E-state index in [2.05, 4.69) is 4.98 Å². The summed E-state index contributed by atoms with van der Waals surface area (Å²) >= 11 is 5.89. The molecule has 2 aromatic carbocycles. The van der Waals surface area contributed by atoms with Crippen LogP contribution >= 0.6 is 11.6 Å². The minimum Gasteiger partial charge on any atom is -0.354 e. The minimum atomic E-state index is -0.413. The van der Waals surface area contributed by atoms with Crippen molar-refractivity contribution in [2.75, 3.05) is 0 Å². The second kappa shape index (κ2) is 4.76. The smallest absolute Gasteiger partial charge is 0.190 e. The van der Waals surface area contributed by atoms with Crippen molar-refractivity contribution in [3.63, 3.8) is 0 Å². The maximum Gasteiger partial charge on any atom is 0.190 e. The van der Waals surface area contributed by atoms with Crippen LogP contribution in [0.4, 0.5) is 4.39 Å². The summed E-state index contributed by atoms with van der Waals surface area (Å²) in [7, 11) is 0. The molecule has 1 N–H and O–H groups in total. The van der Waals surface area contributed by atoms with E-state index in [4.69, 9.17) is 11.6 Å². The van der Waals surface area contributed by atoms with E-state index in [0.717, 1.165) is 0 Å². The Hall–Kier alpha value is -2.13. The lowest BCUT2D eigenvalue weighted by atomic mass is 10.1. The third-order valence-corrected chi connectivity index (χ3v) is 3.76. The van der Waals surface area contributed by atoms with Crippen LogP contribution in [0, 0.1) is 12.7 Å².